The van der Waals surface area contributed by atoms with Gasteiger partial charge in [0.2, 0.25) is 0 Å². The van der Waals surface area contributed by atoms with Crippen LogP contribution in [0.25, 0.3) is 11.3 Å². The number of hydrogen-bond donors (Lipinski definition) is 0. The molecule has 1 aliphatic carbocycles. The number of aromatic nitrogens is 2. The highest BCUT2D eigenvalue weighted by molar-refractivity contribution is 6.17. The summed E-state index contributed by atoms with van der Waals surface area (Å²) in [4.78, 5) is 0. The average molecular weight is 247 g/mol. The summed E-state index contributed by atoms with van der Waals surface area (Å²) >= 11 is 5.83. The number of alkyl halides is 1. The van der Waals surface area contributed by atoms with Gasteiger partial charge in [-0.25, -0.2) is 0 Å². The second-order valence-corrected chi connectivity index (χ2v) is 4.78. The number of benzene rings is 1. The van der Waals surface area contributed by atoms with Gasteiger partial charge in [-0.05, 0) is 19.3 Å². The molecule has 1 heterocycles. The molecule has 1 aliphatic rings. The van der Waals surface area contributed by atoms with Gasteiger partial charge in [-0.15, -0.1) is 11.6 Å². The van der Waals surface area contributed by atoms with Crippen molar-refractivity contribution in [3.8, 4) is 11.3 Å². The van der Waals surface area contributed by atoms with E-state index in [1.54, 1.807) is 0 Å². The second kappa shape index (κ2) is 4.53. The monoisotopic (exact) mass is 246 g/mol. The van der Waals surface area contributed by atoms with Gasteiger partial charge < -0.3 is 0 Å². The Morgan fingerprint density at radius 3 is 2.76 bits per heavy atom. The van der Waals surface area contributed by atoms with Gasteiger partial charge in [-0.1, -0.05) is 30.3 Å². The molecule has 0 fully saturated rings. The molecule has 88 valence electrons. The minimum absolute atomic E-state index is 0.627. The van der Waals surface area contributed by atoms with E-state index in [2.05, 4.69) is 28.9 Å². The van der Waals surface area contributed by atoms with Crippen molar-refractivity contribution < 1.29 is 0 Å². The van der Waals surface area contributed by atoms with Crippen molar-refractivity contribution in [2.24, 2.45) is 0 Å². The van der Waals surface area contributed by atoms with Gasteiger partial charge >= 0.3 is 0 Å². The molecule has 0 saturated heterocycles. The Hall–Kier alpha value is -1.28. The highest BCUT2D eigenvalue weighted by Gasteiger charge is 2.22. The third kappa shape index (κ3) is 1.87. The van der Waals surface area contributed by atoms with Crippen LogP contribution >= 0.6 is 11.6 Å². The van der Waals surface area contributed by atoms with Crippen molar-refractivity contribution in [2.45, 2.75) is 25.8 Å². The zero-order valence-electron chi connectivity index (χ0n) is 9.69. The molecular formula is C14H15ClN2. The molecular weight excluding hydrogens is 232 g/mol. The average Bonchev–Trinajstić information content (AvgIpc) is 2.94. The van der Waals surface area contributed by atoms with Gasteiger partial charge in [-0.2, -0.15) is 5.10 Å². The van der Waals surface area contributed by atoms with Crippen LogP contribution in [-0.4, -0.2) is 15.7 Å². The third-order valence-corrected chi connectivity index (χ3v) is 3.52. The first-order valence-corrected chi connectivity index (χ1v) is 6.63. The fraction of sp³-hybridized carbons (Fsp3) is 0.357. The summed E-state index contributed by atoms with van der Waals surface area (Å²) in [6.45, 7) is 0.816. The summed E-state index contributed by atoms with van der Waals surface area (Å²) < 4.78 is 2.09. The highest BCUT2D eigenvalue weighted by Crippen LogP contribution is 2.31. The van der Waals surface area contributed by atoms with E-state index in [1.165, 1.54) is 23.2 Å². The van der Waals surface area contributed by atoms with Crippen LogP contribution in [0, 0.1) is 0 Å². The van der Waals surface area contributed by atoms with E-state index in [0.29, 0.717) is 5.88 Å². The van der Waals surface area contributed by atoms with Crippen LogP contribution in [0.4, 0.5) is 0 Å². The molecule has 0 bridgehead atoms. The molecule has 17 heavy (non-hydrogen) atoms. The topological polar surface area (TPSA) is 17.8 Å². The van der Waals surface area contributed by atoms with Crippen LogP contribution in [0.1, 0.15) is 17.7 Å². The molecule has 0 atom stereocenters. The van der Waals surface area contributed by atoms with Crippen molar-refractivity contribution >= 4 is 11.6 Å². The van der Waals surface area contributed by atoms with Crippen molar-refractivity contribution in [3.63, 3.8) is 0 Å². The lowest BCUT2D eigenvalue weighted by atomic mass is 10.1. The first-order chi connectivity index (χ1) is 8.40. The molecule has 0 saturated carbocycles. The molecule has 3 rings (SSSR count). The maximum Gasteiger partial charge on any atom is 0.0958 e. The Bertz CT molecular complexity index is 517. The lowest BCUT2D eigenvalue weighted by Gasteiger charge is -2.01. The van der Waals surface area contributed by atoms with E-state index in [4.69, 9.17) is 16.7 Å². The first-order valence-electron chi connectivity index (χ1n) is 6.10. The van der Waals surface area contributed by atoms with Crippen LogP contribution in [0.3, 0.4) is 0 Å². The second-order valence-electron chi connectivity index (χ2n) is 4.41. The van der Waals surface area contributed by atoms with Gasteiger partial charge in [-0.3, -0.25) is 4.68 Å². The molecule has 0 aliphatic heterocycles. The normalized spacial score (nSPS) is 13.9. The van der Waals surface area contributed by atoms with Gasteiger partial charge in [0.15, 0.2) is 0 Å². The zero-order valence-corrected chi connectivity index (χ0v) is 10.5. The van der Waals surface area contributed by atoms with Gasteiger partial charge in [0.1, 0.15) is 0 Å². The number of fused-ring (bicyclic) bond motifs is 1. The first kappa shape index (κ1) is 10.8. The summed E-state index contributed by atoms with van der Waals surface area (Å²) in [7, 11) is 0. The Kier molecular flexibility index (Phi) is 2.89. The van der Waals surface area contributed by atoms with E-state index >= 15 is 0 Å². The van der Waals surface area contributed by atoms with E-state index in [9.17, 15) is 0 Å². The lowest BCUT2D eigenvalue weighted by Crippen LogP contribution is -2.05. The fourth-order valence-corrected chi connectivity index (χ4v) is 2.76. The Morgan fingerprint density at radius 1 is 1.18 bits per heavy atom. The molecule has 0 amide bonds. The van der Waals surface area contributed by atoms with E-state index < -0.39 is 0 Å². The molecule has 0 radical (unpaired) electrons. The maximum absolute atomic E-state index is 5.83. The predicted molar refractivity (Wildman–Crippen MR) is 70.4 cm³/mol. The summed E-state index contributed by atoms with van der Waals surface area (Å²) in [5, 5.41) is 4.72. The third-order valence-electron chi connectivity index (χ3n) is 3.35. The fourth-order valence-electron chi connectivity index (χ4n) is 2.60. The number of nitrogens with zero attached hydrogens (tertiary/aromatic N) is 2. The maximum atomic E-state index is 5.83. The molecule has 1 aromatic carbocycles. The van der Waals surface area contributed by atoms with Crippen LogP contribution < -0.4 is 0 Å². The molecule has 0 spiro atoms. The number of halogens is 1. The molecule has 0 unspecified atom stereocenters. The van der Waals surface area contributed by atoms with Gasteiger partial charge in [0.25, 0.3) is 0 Å². The Morgan fingerprint density at radius 2 is 2.00 bits per heavy atom. The van der Waals surface area contributed by atoms with Crippen LogP contribution in [0.5, 0.6) is 0 Å². The summed E-state index contributed by atoms with van der Waals surface area (Å²) in [5.41, 5.74) is 5.20. The molecule has 0 N–H and O–H groups in total. The van der Waals surface area contributed by atoms with Gasteiger partial charge in [0, 0.05) is 22.7 Å². The zero-order chi connectivity index (χ0) is 11.7. The highest BCUT2D eigenvalue weighted by atomic mass is 35.5. The van der Waals surface area contributed by atoms with E-state index in [1.807, 2.05) is 6.07 Å². The Labute approximate surface area is 106 Å². The van der Waals surface area contributed by atoms with Crippen molar-refractivity contribution in [1.29, 1.82) is 0 Å². The number of hydrogen-bond acceptors (Lipinski definition) is 1. The smallest absolute Gasteiger partial charge is 0.0958 e. The van der Waals surface area contributed by atoms with E-state index in [-0.39, 0.29) is 0 Å². The molecule has 2 nitrogen and oxygen atoms in total. The quantitative estimate of drug-likeness (QED) is 0.760. The minimum atomic E-state index is 0.627. The number of aryl methyl sites for hydroxylation is 1. The van der Waals surface area contributed by atoms with Crippen molar-refractivity contribution in [3.05, 3.63) is 41.6 Å². The SMILES string of the molecule is ClCCn1nc(-c2ccccc2)c2c1CCC2. The van der Waals surface area contributed by atoms with Crippen LogP contribution in [-0.2, 0) is 19.4 Å². The number of rotatable bonds is 3. The molecule has 3 heteroatoms. The molecule has 2 aromatic rings. The predicted octanol–water partition coefficient (Wildman–Crippen LogP) is 3.28. The largest absolute Gasteiger partial charge is 0.267 e. The summed E-state index contributed by atoms with van der Waals surface area (Å²) in [6, 6.07) is 10.4. The standard InChI is InChI=1S/C14H15ClN2/c15-9-10-17-13-8-4-7-12(13)14(16-17)11-5-2-1-3-6-11/h1-3,5-6H,4,7-10H2. The van der Waals surface area contributed by atoms with Crippen LogP contribution in [0.15, 0.2) is 30.3 Å². The summed E-state index contributed by atoms with van der Waals surface area (Å²) in [6.07, 6.45) is 3.54. The van der Waals surface area contributed by atoms with Crippen LogP contribution in [0.2, 0.25) is 0 Å². The van der Waals surface area contributed by atoms with Crippen molar-refractivity contribution in [2.75, 3.05) is 5.88 Å². The van der Waals surface area contributed by atoms with Crippen molar-refractivity contribution in [1.82, 2.24) is 9.78 Å². The Balaban J connectivity index is 2.09. The minimum Gasteiger partial charge on any atom is -0.267 e. The van der Waals surface area contributed by atoms with E-state index in [0.717, 1.165) is 25.1 Å². The molecule has 1 aromatic heterocycles. The van der Waals surface area contributed by atoms with Gasteiger partial charge in [0.05, 0.1) is 12.2 Å². The summed E-state index contributed by atoms with van der Waals surface area (Å²) in [5.74, 6) is 0.627. The lowest BCUT2D eigenvalue weighted by molar-refractivity contribution is 0.627.